The van der Waals surface area contributed by atoms with Crippen molar-refractivity contribution in [1.82, 2.24) is 0 Å². The molecular weight excluding hydrogens is 195 g/mol. The van der Waals surface area contributed by atoms with Crippen LogP contribution in [0.4, 0.5) is 4.39 Å². The highest BCUT2D eigenvalue weighted by Gasteiger charge is 2.03. The molecule has 0 aromatic heterocycles. The Morgan fingerprint density at radius 3 is 2.73 bits per heavy atom. The second-order valence-corrected chi connectivity index (χ2v) is 2.87. The van der Waals surface area contributed by atoms with Gasteiger partial charge in [0.25, 0.3) is 0 Å². The van der Waals surface area contributed by atoms with Crippen molar-refractivity contribution in [3.05, 3.63) is 29.6 Å². The summed E-state index contributed by atoms with van der Waals surface area (Å²) in [5.41, 5.74) is 0.261. The van der Waals surface area contributed by atoms with Crippen LogP contribution in [0.3, 0.4) is 0 Å². The maximum Gasteiger partial charge on any atom is 0.166 e. The molecule has 1 aromatic carbocycles. The van der Waals surface area contributed by atoms with Gasteiger partial charge in [0.2, 0.25) is 0 Å². The molecule has 15 heavy (non-hydrogen) atoms. The van der Waals surface area contributed by atoms with Crippen molar-refractivity contribution in [1.29, 1.82) is 10.5 Å². The zero-order valence-electron chi connectivity index (χ0n) is 8.03. The Morgan fingerprint density at radius 2 is 2.13 bits per heavy atom. The first-order chi connectivity index (χ1) is 7.27. The second kappa shape index (κ2) is 5.62. The summed E-state index contributed by atoms with van der Waals surface area (Å²) in [5.74, 6) is -0.432. The summed E-state index contributed by atoms with van der Waals surface area (Å²) >= 11 is 0. The number of halogens is 1. The van der Waals surface area contributed by atoms with Crippen LogP contribution >= 0.6 is 0 Å². The van der Waals surface area contributed by atoms with Gasteiger partial charge < -0.3 is 4.74 Å². The molecule has 0 aliphatic heterocycles. The maximum atomic E-state index is 13.2. The Labute approximate surface area is 87.3 Å². The molecule has 1 rings (SSSR count). The number of unbranched alkanes of at least 4 members (excludes halogenated alkanes) is 1. The van der Waals surface area contributed by atoms with Gasteiger partial charge in [0.15, 0.2) is 11.6 Å². The second-order valence-electron chi connectivity index (χ2n) is 2.87. The first kappa shape index (κ1) is 11.0. The molecule has 0 radical (unpaired) electrons. The molecular formula is C11H9FN2O. The van der Waals surface area contributed by atoms with E-state index in [1.165, 1.54) is 12.1 Å². The lowest BCUT2D eigenvalue weighted by molar-refractivity contribution is 0.297. The summed E-state index contributed by atoms with van der Waals surface area (Å²) in [6.45, 7) is 0.302. The van der Waals surface area contributed by atoms with Crippen LogP contribution in [-0.2, 0) is 0 Å². The normalized spacial score (nSPS) is 9.00. The van der Waals surface area contributed by atoms with Crippen LogP contribution in [0.25, 0.3) is 0 Å². The van der Waals surface area contributed by atoms with Gasteiger partial charge in [-0.3, -0.25) is 0 Å². The van der Waals surface area contributed by atoms with Gasteiger partial charge in [-0.2, -0.15) is 10.5 Å². The molecule has 0 fully saturated rings. The number of hydrogen-bond acceptors (Lipinski definition) is 3. The minimum Gasteiger partial charge on any atom is -0.490 e. The molecule has 3 nitrogen and oxygen atoms in total. The van der Waals surface area contributed by atoms with E-state index in [-0.39, 0.29) is 11.3 Å². The number of nitrogens with zero attached hydrogens (tertiary/aromatic N) is 2. The van der Waals surface area contributed by atoms with Crippen molar-refractivity contribution in [3.63, 3.8) is 0 Å². The van der Waals surface area contributed by atoms with Crippen LogP contribution in [0.2, 0.25) is 0 Å². The zero-order valence-corrected chi connectivity index (χ0v) is 8.03. The number of ether oxygens (including phenoxy) is 1. The van der Waals surface area contributed by atoms with E-state index in [0.29, 0.717) is 19.4 Å². The highest BCUT2D eigenvalue weighted by molar-refractivity contribution is 5.35. The van der Waals surface area contributed by atoms with Crippen LogP contribution in [0.1, 0.15) is 18.4 Å². The Bertz CT molecular complexity index is 418. The summed E-state index contributed by atoms with van der Waals surface area (Å²) in [6, 6.07) is 7.83. The van der Waals surface area contributed by atoms with E-state index in [1.807, 2.05) is 12.1 Å². The maximum absolute atomic E-state index is 13.2. The van der Waals surface area contributed by atoms with Crippen LogP contribution in [0.5, 0.6) is 5.75 Å². The van der Waals surface area contributed by atoms with Gasteiger partial charge in [0.05, 0.1) is 24.3 Å². The molecule has 0 atom stereocenters. The molecule has 0 aliphatic carbocycles. The standard InChI is InChI=1S/C11H9FN2O/c12-10-7-9(8-14)3-4-11(10)15-6-2-1-5-13/h3-4,7H,1-2,6H2. The fourth-order valence-corrected chi connectivity index (χ4v) is 1.02. The lowest BCUT2D eigenvalue weighted by atomic mass is 10.2. The third-order valence-electron chi connectivity index (χ3n) is 1.75. The Balaban J connectivity index is 2.56. The fourth-order valence-electron chi connectivity index (χ4n) is 1.02. The predicted molar refractivity (Wildman–Crippen MR) is 51.5 cm³/mol. The van der Waals surface area contributed by atoms with Crippen molar-refractivity contribution in [2.75, 3.05) is 6.61 Å². The van der Waals surface area contributed by atoms with Gasteiger partial charge >= 0.3 is 0 Å². The third-order valence-corrected chi connectivity index (χ3v) is 1.75. The van der Waals surface area contributed by atoms with E-state index < -0.39 is 5.82 Å². The molecule has 0 heterocycles. The summed E-state index contributed by atoms with van der Waals surface area (Å²) in [5, 5.41) is 16.8. The zero-order chi connectivity index (χ0) is 11.1. The Morgan fingerprint density at radius 1 is 1.33 bits per heavy atom. The smallest absolute Gasteiger partial charge is 0.166 e. The molecule has 0 saturated carbocycles. The van der Waals surface area contributed by atoms with E-state index >= 15 is 0 Å². The van der Waals surface area contributed by atoms with E-state index in [1.54, 1.807) is 0 Å². The third kappa shape index (κ3) is 3.28. The van der Waals surface area contributed by atoms with Crippen LogP contribution in [0, 0.1) is 28.5 Å². The molecule has 0 spiro atoms. The number of nitriles is 2. The predicted octanol–water partition coefficient (Wildman–Crippen LogP) is 2.38. The SMILES string of the molecule is N#CCCCOc1ccc(C#N)cc1F. The van der Waals surface area contributed by atoms with Gasteiger partial charge in [-0.1, -0.05) is 0 Å². The molecule has 0 N–H and O–H groups in total. The van der Waals surface area contributed by atoms with Crippen LogP contribution in [0.15, 0.2) is 18.2 Å². The van der Waals surface area contributed by atoms with E-state index in [9.17, 15) is 4.39 Å². The topological polar surface area (TPSA) is 56.8 Å². The number of rotatable bonds is 4. The first-order valence-corrected chi connectivity index (χ1v) is 4.47. The largest absolute Gasteiger partial charge is 0.490 e. The van der Waals surface area contributed by atoms with Gasteiger partial charge in [-0.05, 0) is 24.6 Å². The Kier molecular flexibility index (Phi) is 4.12. The summed E-state index contributed by atoms with van der Waals surface area (Å²) in [7, 11) is 0. The average molecular weight is 204 g/mol. The number of hydrogen-bond donors (Lipinski definition) is 0. The molecule has 0 saturated heterocycles. The van der Waals surface area contributed by atoms with Crippen molar-refractivity contribution >= 4 is 0 Å². The molecule has 0 unspecified atom stereocenters. The minimum absolute atomic E-state index is 0.118. The van der Waals surface area contributed by atoms with Gasteiger partial charge in [0.1, 0.15) is 0 Å². The van der Waals surface area contributed by atoms with Crippen molar-refractivity contribution in [3.8, 4) is 17.9 Å². The van der Waals surface area contributed by atoms with Crippen LogP contribution in [-0.4, -0.2) is 6.61 Å². The molecule has 0 bridgehead atoms. The summed E-state index contributed by atoms with van der Waals surface area (Å²) in [6.07, 6.45) is 0.952. The molecule has 76 valence electrons. The number of benzene rings is 1. The quantitative estimate of drug-likeness (QED) is 0.707. The van der Waals surface area contributed by atoms with Gasteiger partial charge in [-0.15, -0.1) is 0 Å². The summed E-state index contributed by atoms with van der Waals surface area (Å²) in [4.78, 5) is 0. The van der Waals surface area contributed by atoms with Crippen molar-refractivity contribution < 1.29 is 9.13 Å². The molecule has 1 aromatic rings. The highest BCUT2D eigenvalue weighted by atomic mass is 19.1. The van der Waals surface area contributed by atoms with Crippen LogP contribution < -0.4 is 4.74 Å². The van der Waals surface area contributed by atoms with Gasteiger partial charge in [0, 0.05) is 6.42 Å². The lowest BCUT2D eigenvalue weighted by Gasteiger charge is -2.05. The van der Waals surface area contributed by atoms with E-state index in [4.69, 9.17) is 15.3 Å². The molecule has 0 amide bonds. The van der Waals surface area contributed by atoms with E-state index in [0.717, 1.165) is 6.07 Å². The average Bonchev–Trinajstić information content (AvgIpc) is 2.26. The minimum atomic E-state index is -0.550. The lowest BCUT2D eigenvalue weighted by Crippen LogP contribution is -1.98. The van der Waals surface area contributed by atoms with E-state index in [2.05, 4.69) is 0 Å². The monoisotopic (exact) mass is 204 g/mol. The van der Waals surface area contributed by atoms with Crippen molar-refractivity contribution in [2.24, 2.45) is 0 Å². The molecule has 4 heteroatoms. The molecule has 0 aliphatic rings. The fraction of sp³-hybridized carbons (Fsp3) is 0.273. The Hall–Kier alpha value is -2.07. The van der Waals surface area contributed by atoms with Gasteiger partial charge in [-0.25, -0.2) is 4.39 Å². The first-order valence-electron chi connectivity index (χ1n) is 4.47. The summed E-state index contributed by atoms with van der Waals surface area (Å²) < 4.78 is 18.3. The van der Waals surface area contributed by atoms with Crippen molar-refractivity contribution in [2.45, 2.75) is 12.8 Å². The highest BCUT2D eigenvalue weighted by Crippen LogP contribution is 2.18.